The lowest BCUT2D eigenvalue weighted by Crippen LogP contribution is -2.36. The average Bonchev–Trinajstić information content (AvgIpc) is 2.64. The molecule has 1 aromatic rings. The van der Waals surface area contributed by atoms with Crippen molar-refractivity contribution in [3.8, 4) is 0 Å². The van der Waals surface area contributed by atoms with Crippen LogP contribution in [0.15, 0.2) is 18.2 Å². The zero-order valence-corrected chi connectivity index (χ0v) is 15.2. The summed E-state index contributed by atoms with van der Waals surface area (Å²) in [4.78, 5) is 36.7. The second kappa shape index (κ2) is 9.28. The van der Waals surface area contributed by atoms with Crippen molar-refractivity contribution in [1.82, 2.24) is 10.2 Å². The maximum atomic E-state index is 12.3. The van der Waals surface area contributed by atoms with E-state index in [-0.39, 0.29) is 16.8 Å². The van der Waals surface area contributed by atoms with Gasteiger partial charge in [-0.3, -0.25) is 14.9 Å². The number of nitro benzene ring substituents is 1. The highest BCUT2D eigenvalue weighted by atomic mass is 16.6. The molecule has 1 fully saturated rings. The largest absolute Gasteiger partial charge is 0.465 e. The zero-order valence-electron chi connectivity index (χ0n) is 15.2. The van der Waals surface area contributed by atoms with E-state index in [0.717, 1.165) is 38.2 Å². The standard InChI is InChI=1S/C18H25N3O5/c1-13-5-3-7-20(12-13)8-4-6-19-17(22)14-9-15(18(23)26-2)11-16(10-14)21(24)25/h9-11,13H,3-8,12H2,1-2H3,(H,19,22). The highest BCUT2D eigenvalue weighted by molar-refractivity contribution is 5.98. The Morgan fingerprint density at radius 2 is 2.08 bits per heavy atom. The Kier molecular flexibility index (Phi) is 7.08. The van der Waals surface area contributed by atoms with Crippen LogP contribution in [0.3, 0.4) is 0 Å². The van der Waals surface area contributed by atoms with Crippen LogP contribution in [0.5, 0.6) is 0 Å². The highest BCUT2D eigenvalue weighted by Gasteiger charge is 2.19. The van der Waals surface area contributed by atoms with Gasteiger partial charge in [-0.1, -0.05) is 6.92 Å². The summed E-state index contributed by atoms with van der Waals surface area (Å²) in [6.07, 6.45) is 3.28. The van der Waals surface area contributed by atoms with Gasteiger partial charge >= 0.3 is 5.97 Å². The predicted octanol–water partition coefficient (Wildman–Crippen LogP) is 2.23. The summed E-state index contributed by atoms with van der Waals surface area (Å²) in [6, 6.07) is 3.56. The lowest BCUT2D eigenvalue weighted by atomic mass is 10.0. The Morgan fingerprint density at radius 3 is 2.73 bits per heavy atom. The van der Waals surface area contributed by atoms with Crippen molar-refractivity contribution < 1.29 is 19.2 Å². The van der Waals surface area contributed by atoms with Crippen LogP contribution >= 0.6 is 0 Å². The van der Waals surface area contributed by atoms with Gasteiger partial charge in [-0.25, -0.2) is 4.79 Å². The van der Waals surface area contributed by atoms with E-state index in [2.05, 4.69) is 21.9 Å². The number of rotatable bonds is 7. The number of hydrogen-bond acceptors (Lipinski definition) is 6. The molecule has 8 heteroatoms. The number of ether oxygens (including phenoxy) is 1. The molecule has 1 N–H and O–H groups in total. The summed E-state index contributed by atoms with van der Waals surface area (Å²) in [7, 11) is 1.18. The fraction of sp³-hybridized carbons (Fsp3) is 0.556. The molecule has 0 spiro atoms. The van der Waals surface area contributed by atoms with Crippen LogP contribution in [-0.2, 0) is 4.74 Å². The molecule has 1 aromatic carbocycles. The number of nitrogens with one attached hydrogen (secondary N) is 1. The molecule has 1 saturated heterocycles. The third kappa shape index (κ3) is 5.52. The first-order valence-corrected chi connectivity index (χ1v) is 8.79. The van der Waals surface area contributed by atoms with Gasteiger partial charge in [0.15, 0.2) is 0 Å². The molecule has 0 bridgehead atoms. The number of non-ortho nitro benzene ring substituents is 1. The van der Waals surface area contributed by atoms with Crippen molar-refractivity contribution in [2.75, 3.05) is 33.3 Å². The summed E-state index contributed by atoms with van der Waals surface area (Å²) in [6.45, 7) is 5.80. The van der Waals surface area contributed by atoms with Gasteiger partial charge in [0.2, 0.25) is 0 Å². The fourth-order valence-corrected chi connectivity index (χ4v) is 3.18. The monoisotopic (exact) mass is 363 g/mol. The SMILES string of the molecule is COC(=O)c1cc(C(=O)NCCCN2CCCC(C)C2)cc([N+](=O)[O-])c1. The number of methoxy groups -OCH3 is 1. The number of esters is 1. The highest BCUT2D eigenvalue weighted by Crippen LogP contribution is 2.18. The maximum Gasteiger partial charge on any atom is 0.338 e. The van der Waals surface area contributed by atoms with E-state index in [1.165, 1.54) is 26.0 Å². The lowest BCUT2D eigenvalue weighted by molar-refractivity contribution is -0.384. The minimum absolute atomic E-state index is 0.0193. The molecule has 1 aliphatic heterocycles. The van der Waals surface area contributed by atoms with Crippen LogP contribution in [0.1, 0.15) is 46.9 Å². The van der Waals surface area contributed by atoms with Gasteiger partial charge in [0.05, 0.1) is 17.6 Å². The minimum Gasteiger partial charge on any atom is -0.465 e. The lowest BCUT2D eigenvalue weighted by Gasteiger charge is -2.30. The molecule has 142 valence electrons. The Balaban J connectivity index is 1.92. The summed E-state index contributed by atoms with van der Waals surface area (Å²) in [5.74, 6) is -0.451. The quantitative estimate of drug-likeness (QED) is 0.345. The molecule has 2 rings (SSSR count). The number of likely N-dealkylation sites (tertiary alicyclic amines) is 1. The first kappa shape index (κ1) is 19.8. The van der Waals surface area contributed by atoms with E-state index in [0.29, 0.717) is 12.5 Å². The van der Waals surface area contributed by atoms with E-state index >= 15 is 0 Å². The van der Waals surface area contributed by atoms with Crippen LogP contribution < -0.4 is 5.32 Å². The van der Waals surface area contributed by atoms with Crippen molar-refractivity contribution in [3.63, 3.8) is 0 Å². The third-order valence-corrected chi connectivity index (χ3v) is 4.49. The van der Waals surface area contributed by atoms with Crippen molar-refractivity contribution in [2.45, 2.75) is 26.2 Å². The van der Waals surface area contributed by atoms with Gasteiger partial charge in [0.25, 0.3) is 11.6 Å². The predicted molar refractivity (Wildman–Crippen MR) is 96.2 cm³/mol. The van der Waals surface area contributed by atoms with Gasteiger partial charge < -0.3 is 15.0 Å². The van der Waals surface area contributed by atoms with E-state index in [4.69, 9.17) is 0 Å². The van der Waals surface area contributed by atoms with Gasteiger partial charge in [-0.2, -0.15) is 0 Å². The summed E-state index contributed by atoms with van der Waals surface area (Å²) in [5.41, 5.74) is -0.263. The first-order chi connectivity index (χ1) is 12.4. The number of carbonyl (C=O) groups excluding carboxylic acids is 2. The number of nitro groups is 1. The number of amides is 1. The number of carbonyl (C=O) groups is 2. The second-order valence-corrected chi connectivity index (χ2v) is 6.67. The number of piperidine rings is 1. The van der Waals surface area contributed by atoms with E-state index in [1.54, 1.807) is 0 Å². The molecule has 1 amide bonds. The van der Waals surface area contributed by atoms with Crippen LogP contribution in [0, 0.1) is 16.0 Å². The molecule has 0 aromatic heterocycles. The number of nitrogens with zero attached hydrogens (tertiary/aromatic N) is 2. The minimum atomic E-state index is -0.720. The van der Waals surface area contributed by atoms with Crippen molar-refractivity contribution >= 4 is 17.6 Å². The van der Waals surface area contributed by atoms with Gasteiger partial charge in [-0.05, 0) is 44.3 Å². The number of hydrogen-bond donors (Lipinski definition) is 1. The Hall–Kier alpha value is -2.48. The molecule has 1 heterocycles. The van der Waals surface area contributed by atoms with Gasteiger partial charge in [0, 0.05) is 30.8 Å². The van der Waals surface area contributed by atoms with E-state index in [9.17, 15) is 19.7 Å². The maximum absolute atomic E-state index is 12.3. The van der Waals surface area contributed by atoms with Crippen LogP contribution in [0.25, 0.3) is 0 Å². The van der Waals surface area contributed by atoms with Gasteiger partial charge in [-0.15, -0.1) is 0 Å². The van der Waals surface area contributed by atoms with Crippen molar-refractivity contribution in [2.24, 2.45) is 5.92 Å². The van der Waals surface area contributed by atoms with Crippen LogP contribution in [0.2, 0.25) is 0 Å². The molecule has 0 aliphatic carbocycles. The molecule has 26 heavy (non-hydrogen) atoms. The molecule has 0 saturated carbocycles. The van der Waals surface area contributed by atoms with E-state index in [1.807, 2.05) is 0 Å². The first-order valence-electron chi connectivity index (χ1n) is 8.79. The Labute approximate surface area is 152 Å². The van der Waals surface area contributed by atoms with Gasteiger partial charge in [0.1, 0.15) is 0 Å². The normalized spacial score (nSPS) is 17.5. The molecule has 1 unspecified atom stereocenters. The topological polar surface area (TPSA) is 102 Å². The van der Waals surface area contributed by atoms with Crippen molar-refractivity contribution in [1.29, 1.82) is 0 Å². The number of benzene rings is 1. The molecule has 1 aliphatic rings. The second-order valence-electron chi connectivity index (χ2n) is 6.67. The summed E-state index contributed by atoms with van der Waals surface area (Å²) >= 11 is 0. The van der Waals surface area contributed by atoms with Crippen LogP contribution in [0.4, 0.5) is 5.69 Å². The zero-order chi connectivity index (χ0) is 19.1. The average molecular weight is 363 g/mol. The Bertz CT molecular complexity index is 677. The third-order valence-electron chi connectivity index (χ3n) is 4.49. The van der Waals surface area contributed by atoms with Crippen molar-refractivity contribution in [3.05, 3.63) is 39.4 Å². The molecule has 8 nitrogen and oxygen atoms in total. The summed E-state index contributed by atoms with van der Waals surface area (Å²) < 4.78 is 4.58. The summed E-state index contributed by atoms with van der Waals surface area (Å²) in [5, 5.41) is 13.8. The molecule has 1 atom stereocenters. The fourth-order valence-electron chi connectivity index (χ4n) is 3.18. The van der Waals surface area contributed by atoms with Crippen LogP contribution in [-0.4, -0.2) is 55.0 Å². The van der Waals surface area contributed by atoms with E-state index < -0.39 is 16.8 Å². The molecular weight excluding hydrogens is 338 g/mol. The molecular formula is C18H25N3O5. The Morgan fingerprint density at radius 1 is 1.35 bits per heavy atom. The smallest absolute Gasteiger partial charge is 0.338 e. The molecule has 0 radical (unpaired) electrons.